The minimum absolute atomic E-state index is 0.000188. The standard InChI is InChI=1S/C14H24O2/c1-5-14(3,4)13(15)16-12-8-10-7-11(12)6-9(10)2/h9-12H,5-8H2,1-4H3. The molecule has 2 saturated carbocycles. The van der Waals surface area contributed by atoms with Crippen molar-refractivity contribution in [1.29, 1.82) is 0 Å². The summed E-state index contributed by atoms with van der Waals surface area (Å²) in [5.74, 6) is 2.31. The van der Waals surface area contributed by atoms with Crippen LogP contribution in [0.25, 0.3) is 0 Å². The van der Waals surface area contributed by atoms with Gasteiger partial charge in [-0.3, -0.25) is 4.79 Å². The molecule has 0 spiro atoms. The zero-order valence-corrected chi connectivity index (χ0v) is 11.0. The highest BCUT2D eigenvalue weighted by Crippen LogP contribution is 2.49. The van der Waals surface area contributed by atoms with Gasteiger partial charge in [-0.2, -0.15) is 0 Å². The van der Waals surface area contributed by atoms with Gasteiger partial charge < -0.3 is 4.74 Å². The molecule has 0 radical (unpaired) electrons. The maximum Gasteiger partial charge on any atom is 0.311 e. The second-order valence-electron chi connectivity index (χ2n) is 6.39. The van der Waals surface area contributed by atoms with Gasteiger partial charge in [-0.15, -0.1) is 0 Å². The summed E-state index contributed by atoms with van der Waals surface area (Å²) in [5, 5.41) is 0. The zero-order valence-electron chi connectivity index (χ0n) is 11.0. The van der Waals surface area contributed by atoms with E-state index in [1.165, 1.54) is 12.8 Å². The van der Waals surface area contributed by atoms with E-state index in [4.69, 9.17) is 4.74 Å². The van der Waals surface area contributed by atoms with Gasteiger partial charge in [0.2, 0.25) is 0 Å². The van der Waals surface area contributed by atoms with E-state index in [9.17, 15) is 4.79 Å². The Hall–Kier alpha value is -0.530. The monoisotopic (exact) mass is 224 g/mol. The molecule has 0 amide bonds. The van der Waals surface area contributed by atoms with Gasteiger partial charge in [0.1, 0.15) is 6.10 Å². The number of ether oxygens (including phenoxy) is 1. The first kappa shape index (κ1) is 11.9. The lowest BCUT2D eigenvalue weighted by molar-refractivity contribution is -0.162. The molecule has 0 aromatic heterocycles. The molecule has 0 heterocycles. The number of carbonyl (C=O) groups excluding carboxylic acids is 1. The molecule has 2 bridgehead atoms. The highest BCUT2D eigenvalue weighted by atomic mass is 16.5. The third-order valence-corrected chi connectivity index (χ3v) is 4.84. The van der Waals surface area contributed by atoms with Crippen molar-refractivity contribution in [3.63, 3.8) is 0 Å². The van der Waals surface area contributed by atoms with E-state index >= 15 is 0 Å². The van der Waals surface area contributed by atoms with Gasteiger partial charge in [-0.1, -0.05) is 13.8 Å². The van der Waals surface area contributed by atoms with Crippen molar-refractivity contribution < 1.29 is 9.53 Å². The smallest absolute Gasteiger partial charge is 0.311 e. The normalized spacial score (nSPS) is 37.8. The highest BCUT2D eigenvalue weighted by molar-refractivity contribution is 5.76. The van der Waals surface area contributed by atoms with Gasteiger partial charge in [-0.05, 0) is 57.3 Å². The first-order valence-electron chi connectivity index (χ1n) is 6.65. The number of esters is 1. The summed E-state index contributed by atoms with van der Waals surface area (Å²) in [6.45, 7) is 8.33. The van der Waals surface area contributed by atoms with Gasteiger partial charge in [0.15, 0.2) is 0 Å². The van der Waals surface area contributed by atoms with Gasteiger partial charge >= 0.3 is 5.97 Å². The molecule has 16 heavy (non-hydrogen) atoms. The van der Waals surface area contributed by atoms with E-state index in [-0.39, 0.29) is 17.5 Å². The Kier molecular flexibility index (Phi) is 3.02. The van der Waals surface area contributed by atoms with Crippen molar-refractivity contribution in [1.82, 2.24) is 0 Å². The van der Waals surface area contributed by atoms with E-state index in [1.54, 1.807) is 0 Å². The van der Waals surface area contributed by atoms with Gasteiger partial charge in [0, 0.05) is 0 Å². The fraction of sp³-hybridized carbons (Fsp3) is 0.929. The van der Waals surface area contributed by atoms with Crippen molar-refractivity contribution in [3.8, 4) is 0 Å². The van der Waals surface area contributed by atoms with Gasteiger partial charge in [0.05, 0.1) is 5.41 Å². The van der Waals surface area contributed by atoms with Gasteiger partial charge in [0.25, 0.3) is 0 Å². The van der Waals surface area contributed by atoms with E-state index in [2.05, 4.69) is 6.92 Å². The predicted octanol–water partition coefficient (Wildman–Crippen LogP) is 3.40. The van der Waals surface area contributed by atoms with Crippen molar-refractivity contribution >= 4 is 5.97 Å². The fourth-order valence-corrected chi connectivity index (χ4v) is 3.10. The minimum atomic E-state index is -0.312. The Balaban J connectivity index is 1.91. The van der Waals surface area contributed by atoms with Crippen LogP contribution >= 0.6 is 0 Å². The molecule has 0 N–H and O–H groups in total. The average molecular weight is 224 g/mol. The van der Waals surface area contributed by atoms with E-state index in [0.29, 0.717) is 5.92 Å². The Bertz CT molecular complexity index is 280. The lowest BCUT2D eigenvalue weighted by atomic mass is 9.87. The summed E-state index contributed by atoms with van der Waals surface area (Å²) in [6, 6.07) is 0. The van der Waals surface area contributed by atoms with Crippen LogP contribution in [0.1, 0.15) is 53.4 Å². The summed E-state index contributed by atoms with van der Waals surface area (Å²) in [6.07, 6.45) is 4.72. The third-order valence-electron chi connectivity index (χ3n) is 4.84. The molecule has 2 nitrogen and oxygen atoms in total. The maximum atomic E-state index is 12.0. The number of carbonyl (C=O) groups is 1. The highest BCUT2D eigenvalue weighted by Gasteiger charge is 2.46. The molecule has 4 atom stereocenters. The molecule has 0 aromatic carbocycles. The van der Waals surface area contributed by atoms with Crippen LogP contribution in [0.15, 0.2) is 0 Å². The van der Waals surface area contributed by atoms with Crippen LogP contribution in [0.2, 0.25) is 0 Å². The zero-order chi connectivity index (χ0) is 11.9. The van der Waals surface area contributed by atoms with Crippen molar-refractivity contribution in [3.05, 3.63) is 0 Å². The SMILES string of the molecule is CCC(C)(C)C(=O)OC1CC2CC1CC2C. The van der Waals surface area contributed by atoms with Gasteiger partial charge in [-0.25, -0.2) is 0 Å². The van der Waals surface area contributed by atoms with Crippen molar-refractivity contribution in [2.75, 3.05) is 0 Å². The second-order valence-corrected chi connectivity index (χ2v) is 6.39. The Morgan fingerprint density at radius 1 is 1.25 bits per heavy atom. The molecule has 2 fully saturated rings. The average Bonchev–Trinajstić information content (AvgIpc) is 2.76. The molecule has 0 aromatic rings. The molecule has 0 aliphatic heterocycles. The topological polar surface area (TPSA) is 26.3 Å². The minimum Gasteiger partial charge on any atom is -0.462 e. The summed E-state index contributed by atoms with van der Waals surface area (Å²) in [7, 11) is 0. The van der Waals surface area contributed by atoms with E-state index in [0.717, 1.165) is 24.7 Å². The van der Waals surface area contributed by atoms with Crippen LogP contribution in [0.3, 0.4) is 0 Å². The van der Waals surface area contributed by atoms with Crippen molar-refractivity contribution in [2.45, 2.75) is 59.5 Å². The van der Waals surface area contributed by atoms with E-state index in [1.807, 2.05) is 20.8 Å². The molecule has 4 unspecified atom stereocenters. The fourth-order valence-electron chi connectivity index (χ4n) is 3.10. The van der Waals surface area contributed by atoms with Crippen molar-refractivity contribution in [2.24, 2.45) is 23.2 Å². The maximum absolute atomic E-state index is 12.0. The molecule has 2 rings (SSSR count). The molecular weight excluding hydrogens is 200 g/mol. The number of hydrogen-bond acceptors (Lipinski definition) is 2. The van der Waals surface area contributed by atoms with Crippen LogP contribution in [-0.2, 0) is 9.53 Å². The van der Waals surface area contributed by atoms with Crippen LogP contribution in [0.5, 0.6) is 0 Å². The lowest BCUT2D eigenvalue weighted by Gasteiger charge is -2.29. The summed E-state index contributed by atoms with van der Waals surface area (Å²) in [4.78, 5) is 12.0. The summed E-state index contributed by atoms with van der Waals surface area (Å²) < 4.78 is 5.71. The molecular formula is C14H24O2. The number of hydrogen-bond donors (Lipinski definition) is 0. The van der Waals surface area contributed by atoms with Crippen LogP contribution in [0.4, 0.5) is 0 Å². The van der Waals surface area contributed by atoms with E-state index < -0.39 is 0 Å². The molecule has 2 heteroatoms. The summed E-state index contributed by atoms with van der Waals surface area (Å²) in [5.41, 5.74) is -0.312. The van der Waals surface area contributed by atoms with Crippen LogP contribution in [0, 0.1) is 23.2 Å². The molecule has 2 aliphatic rings. The largest absolute Gasteiger partial charge is 0.462 e. The number of fused-ring (bicyclic) bond motifs is 2. The van der Waals surface area contributed by atoms with Crippen LogP contribution < -0.4 is 0 Å². The Labute approximate surface area is 98.7 Å². The first-order valence-corrected chi connectivity index (χ1v) is 6.65. The Morgan fingerprint density at radius 3 is 2.38 bits per heavy atom. The quantitative estimate of drug-likeness (QED) is 0.687. The Morgan fingerprint density at radius 2 is 1.94 bits per heavy atom. The second kappa shape index (κ2) is 4.05. The molecule has 92 valence electrons. The third kappa shape index (κ3) is 1.99. The van der Waals surface area contributed by atoms with Crippen LogP contribution in [-0.4, -0.2) is 12.1 Å². The summed E-state index contributed by atoms with van der Waals surface area (Å²) >= 11 is 0. The lowest BCUT2D eigenvalue weighted by Crippen LogP contribution is -2.33. The number of rotatable bonds is 3. The first-order chi connectivity index (χ1) is 7.44. The predicted molar refractivity (Wildman–Crippen MR) is 63.9 cm³/mol. The molecule has 0 saturated heterocycles. The molecule has 2 aliphatic carbocycles.